The van der Waals surface area contributed by atoms with Crippen molar-refractivity contribution in [3.05, 3.63) is 53.7 Å². The maximum Gasteiger partial charge on any atom is 0.428 e. The number of hydrogen-bond donors (Lipinski definition) is 3. The molecule has 0 unspecified atom stereocenters. The molecule has 2 aromatic carbocycles. The third kappa shape index (κ3) is 4.75. The van der Waals surface area contributed by atoms with Gasteiger partial charge in [-0.25, -0.2) is 4.68 Å². The van der Waals surface area contributed by atoms with E-state index in [0.29, 0.717) is 36.2 Å². The number of fused-ring (bicyclic) bond motifs is 1. The zero-order valence-corrected chi connectivity index (χ0v) is 19.9. The van der Waals surface area contributed by atoms with Crippen LogP contribution in [0.2, 0.25) is 0 Å². The molecule has 1 aliphatic heterocycles. The number of nitrogens with two attached hydrogens (primary N) is 1. The highest BCUT2D eigenvalue weighted by molar-refractivity contribution is 5.98. The van der Waals surface area contributed by atoms with Gasteiger partial charge in [-0.15, -0.1) is 0 Å². The lowest BCUT2D eigenvalue weighted by atomic mass is 10.0. The Morgan fingerprint density at radius 3 is 2.45 bits per heavy atom. The highest BCUT2D eigenvalue weighted by Crippen LogP contribution is 2.43. The lowest BCUT2D eigenvalue weighted by molar-refractivity contribution is -0.362. The van der Waals surface area contributed by atoms with Crippen molar-refractivity contribution in [1.29, 1.82) is 0 Å². The molecule has 1 atom stereocenters. The van der Waals surface area contributed by atoms with Gasteiger partial charge in [0, 0.05) is 23.2 Å². The molecule has 204 valence electrons. The molecule has 0 saturated carbocycles. The molecule has 3 aromatic rings. The molecule has 4 N–H and O–H groups in total. The fourth-order valence-corrected chi connectivity index (χ4v) is 4.45. The van der Waals surface area contributed by atoms with Crippen LogP contribution in [0, 0.1) is 6.92 Å². The Morgan fingerprint density at radius 2 is 1.82 bits per heavy atom. The second-order valence-electron chi connectivity index (χ2n) is 9.12. The number of likely N-dealkylation sites (tertiary alicyclic amines) is 1. The summed E-state index contributed by atoms with van der Waals surface area (Å²) in [6.45, 7) is 0.0708. The van der Waals surface area contributed by atoms with Gasteiger partial charge >= 0.3 is 12.4 Å². The van der Waals surface area contributed by atoms with Gasteiger partial charge in [0.15, 0.2) is 0 Å². The minimum absolute atomic E-state index is 0.105. The van der Waals surface area contributed by atoms with Crippen LogP contribution in [0.1, 0.15) is 28.8 Å². The fraction of sp³-hybridized carbons (Fsp3) is 0.375. The molecule has 1 aliphatic rings. The highest BCUT2D eigenvalue weighted by atomic mass is 19.4. The van der Waals surface area contributed by atoms with E-state index in [1.807, 2.05) is 0 Å². The number of halogens is 6. The molecular weight excluding hydrogens is 520 g/mol. The summed E-state index contributed by atoms with van der Waals surface area (Å²) in [5.74, 6) is -1.02. The number of hydrogen-bond acceptors (Lipinski definition) is 5. The molecule has 2 heterocycles. The van der Waals surface area contributed by atoms with Crippen LogP contribution in [-0.4, -0.2) is 68.7 Å². The maximum atomic E-state index is 13.1. The predicted molar refractivity (Wildman–Crippen MR) is 125 cm³/mol. The topological polar surface area (TPSA) is 113 Å². The van der Waals surface area contributed by atoms with E-state index in [4.69, 9.17) is 5.73 Å². The van der Waals surface area contributed by atoms with E-state index in [0.717, 1.165) is 0 Å². The van der Waals surface area contributed by atoms with Crippen molar-refractivity contribution in [3.63, 3.8) is 0 Å². The van der Waals surface area contributed by atoms with Gasteiger partial charge in [-0.2, -0.15) is 31.4 Å². The number of carbonyl (C=O) groups is 2. The van der Waals surface area contributed by atoms with Crippen LogP contribution in [-0.2, 0) is 4.79 Å². The number of benzene rings is 2. The monoisotopic (exact) mass is 543 g/mol. The van der Waals surface area contributed by atoms with Gasteiger partial charge in [-0.05, 0) is 55.7 Å². The second kappa shape index (κ2) is 9.49. The average Bonchev–Trinajstić information content (AvgIpc) is 3.48. The number of carbonyl (C=O) groups excluding carboxylic acids is 2. The first kappa shape index (κ1) is 27.2. The normalized spacial score (nSPS) is 16.7. The molecule has 4 rings (SSSR count). The number of nitrogens with one attached hydrogen (secondary N) is 1. The van der Waals surface area contributed by atoms with E-state index in [1.165, 1.54) is 27.9 Å². The number of amides is 2. The molecule has 0 radical (unpaired) electrons. The number of nitrogens with zero attached hydrogens (tertiary/aromatic N) is 3. The smallest absolute Gasteiger partial charge is 0.381 e. The molecule has 1 fully saturated rings. The summed E-state index contributed by atoms with van der Waals surface area (Å²) >= 11 is 0. The first-order chi connectivity index (χ1) is 17.6. The van der Waals surface area contributed by atoms with E-state index in [1.54, 1.807) is 31.2 Å². The average molecular weight is 543 g/mol. The quantitative estimate of drug-likeness (QED) is 0.411. The van der Waals surface area contributed by atoms with Crippen molar-refractivity contribution in [3.8, 4) is 5.69 Å². The summed E-state index contributed by atoms with van der Waals surface area (Å²) in [5, 5.41) is 16.0. The van der Waals surface area contributed by atoms with Crippen LogP contribution < -0.4 is 11.1 Å². The predicted octanol–water partition coefficient (Wildman–Crippen LogP) is 3.69. The molecule has 2 amide bonds. The number of aryl methyl sites for hydroxylation is 1. The van der Waals surface area contributed by atoms with E-state index < -0.39 is 42.4 Å². The van der Waals surface area contributed by atoms with Crippen LogP contribution in [0.25, 0.3) is 16.6 Å². The van der Waals surface area contributed by atoms with Gasteiger partial charge in [0.1, 0.15) is 6.04 Å². The Hall–Kier alpha value is -3.81. The highest BCUT2D eigenvalue weighted by Gasteiger charge is 2.70. The van der Waals surface area contributed by atoms with E-state index >= 15 is 0 Å². The number of aromatic nitrogens is 2. The number of alkyl halides is 6. The minimum Gasteiger partial charge on any atom is -0.381 e. The van der Waals surface area contributed by atoms with Crippen molar-refractivity contribution in [2.45, 2.75) is 43.8 Å². The molecule has 38 heavy (non-hydrogen) atoms. The summed E-state index contributed by atoms with van der Waals surface area (Å²) in [5.41, 5.74) is 1.77. The van der Waals surface area contributed by atoms with Gasteiger partial charge in [0.25, 0.3) is 11.5 Å². The molecule has 0 bridgehead atoms. The maximum absolute atomic E-state index is 13.1. The lowest BCUT2D eigenvalue weighted by Gasteiger charge is -2.32. The number of anilines is 1. The van der Waals surface area contributed by atoms with Gasteiger partial charge in [0.2, 0.25) is 5.91 Å². The largest absolute Gasteiger partial charge is 0.428 e. The number of rotatable bonds is 6. The lowest BCUT2D eigenvalue weighted by Crippen LogP contribution is -2.61. The van der Waals surface area contributed by atoms with Gasteiger partial charge in [-0.3, -0.25) is 9.59 Å². The molecule has 14 heteroatoms. The fourth-order valence-electron chi connectivity index (χ4n) is 4.45. The third-order valence-electron chi connectivity index (χ3n) is 6.49. The summed E-state index contributed by atoms with van der Waals surface area (Å²) in [7, 11) is 0. The SMILES string of the molecule is Cc1cc(NCC(O)(C(F)(F)F)C(F)(F)F)c2cnn(-c3cccc(C(=O)N4CCC[C@@H]4C(N)=O)c3)c2c1. The minimum atomic E-state index is -5.97. The van der Waals surface area contributed by atoms with E-state index in [2.05, 4.69) is 10.4 Å². The Kier molecular flexibility index (Phi) is 6.80. The molecule has 1 saturated heterocycles. The van der Waals surface area contributed by atoms with Crippen molar-refractivity contribution in [2.75, 3.05) is 18.4 Å². The van der Waals surface area contributed by atoms with Crippen LogP contribution in [0.5, 0.6) is 0 Å². The Balaban J connectivity index is 1.68. The molecule has 8 nitrogen and oxygen atoms in total. The van der Waals surface area contributed by atoms with Crippen LogP contribution in [0.15, 0.2) is 42.6 Å². The first-order valence-electron chi connectivity index (χ1n) is 11.4. The van der Waals surface area contributed by atoms with Crippen molar-refractivity contribution in [1.82, 2.24) is 14.7 Å². The van der Waals surface area contributed by atoms with Gasteiger partial charge < -0.3 is 21.1 Å². The zero-order valence-electron chi connectivity index (χ0n) is 19.9. The first-order valence-corrected chi connectivity index (χ1v) is 11.4. The number of primary amides is 1. The third-order valence-corrected chi connectivity index (χ3v) is 6.49. The van der Waals surface area contributed by atoms with Crippen LogP contribution in [0.3, 0.4) is 0 Å². The zero-order chi connectivity index (χ0) is 28.0. The number of aliphatic hydroxyl groups is 1. The molecule has 1 aromatic heterocycles. The molecule has 0 aliphatic carbocycles. The Morgan fingerprint density at radius 1 is 1.13 bits per heavy atom. The van der Waals surface area contributed by atoms with Gasteiger partial charge in [-0.1, -0.05) is 6.07 Å². The summed E-state index contributed by atoms with van der Waals surface area (Å²) < 4.78 is 80.1. The van der Waals surface area contributed by atoms with E-state index in [9.17, 15) is 41.0 Å². The van der Waals surface area contributed by atoms with Crippen LogP contribution >= 0.6 is 0 Å². The second-order valence-corrected chi connectivity index (χ2v) is 9.12. The molecule has 0 spiro atoms. The Bertz CT molecular complexity index is 1370. The van der Waals surface area contributed by atoms with Crippen molar-refractivity contribution >= 4 is 28.4 Å². The van der Waals surface area contributed by atoms with Gasteiger partial charge in [0.05, 0.1) is 23.9 Å². The summed E-state index contributed by atoms with van der Waals surface area (Å²) in [4.78, 5) is 26.2. The Labute approximate surface area is 212 Å². The van der Waals surface area contributed by atoms with E-state index in [-0.39, 0.29) is 16.6 Å². The standard InChI is InChI=1S/C24H23F6N5O3/c1-13-8-17(32-12-22(38,23(25,26)27)24(28,29)30)16-11-33-35(19(16)9-13)15-5-2-4-14(10-15)21(37)34-7-3-6-18(34)20(31)36/h2,4-5,8-11,18,32,38H,3,6-7,12H2,1H3,(H2,31,36)/t18-/m1/s1. The summed E-state index contributed by atoms with van der Waals surface area (Å²) in [6, 6.07) is 8.46. The van der Waals surface area contributed by atoms with Crippen LogP contribution in [0.4, 0.5) is 32.0 Å². The van der Waals surface area contributed by atoms with Crippen molar-refractivity contribution < 1.29 is 41.0 Å². The molecular formula is C24H23F6N5O3. The summed E-state index contributed by atoms with van der Waals surface area (Å²) in [6.07, 6.45) is -9.62. The van der Waals surface area contributed by atoms with Crippen molar-refractivity contribution in [2.24, 2.45) is 5.73 Å².